The van der Waals surface area contributed by atoms with E-state index in [2.05, 4.69) is 19.1 Å². The number of allylic oxidation sites excluding steroid dienone is 4. The molecule has 0 spiro atoms. The second-order valence-electron chi connectivity index (χ2n) is 9.87. The number of hydrogen-bond acceptors (Lipinski definition) is 0. The Kier molecular flexibility index (Phi) is 7.78. The summed E-state index contributed by atoms with van der Waals surface area (Å²) in [6, 6.07) is 8.14. The number of rotatable bonds is 6. The van der Waals surface area contributed by atoms with Crippen LogP contribution < -0.4 is 0 Å². The quantitative estimate of drug-likeness (QED) is 0.383. The minimum Gasteiger partial charge on any atom is -0.207 e. The van der Waals surface area contributed by atoms with Gasteiger partial charge in [-0.05, 0) is 112 Å². The van der Waals surface area contributed by atoms with Gasteiger partial charge in [-0.15, -0.1) is 0 Å². The van der Waals surface area contributed by atoms with Crippen molar-refractivity contribution in [3.8, 4) is 11.1 Å². The third kappa shape index (κ3) is 5.28. The van der Waals surface area contributed by atoms with Gasteiger partial charge >= 0.3 is 0 Å². The predicted molar refractivity (Wildman–Crippen MR) is 131 cm³/mol. The van der Waals surface area contributed by atoms with E-state index in [1.807, 2.05) is 19.1 Å². The van der Waals surface area contributed by atoms with Crippen molar-refractivity contribution >= 4 is 0 Å². The molecule has 4 rings (SSSR count). The van der Waals surface area contributed by atoms with Crippen LogP contribution >= 0.6 is 0 Å². The van der Waals surface area contributed by atoms with E-state index in [4.69, 9.17) is 0 Å². The van der Waals surface area contributed by atoms with Crippen LogP contribution in [0.15, 0.2) is 54.6 Å². The summed E-state index contributed by atoms with van der Waals surface area (Å²) < 4.78 is 44.6. The SMILES string of the molecule is C/C=C/CCc1ccc(-c2ccc(C3CCC4CC(/C=C/C)CCC4C3)c(F)c2)c(F)c1F. The van der Waals surface area contributed by atoms with Crippen LogP contribution in [0, 0.1) is 35.2 Å². The Hall–Kier alpha value is -2.29. The average Bonchev–Trinajstić information content (AvgIpc) is 2.82. The van der Waals surface area contributed by atoms with E-state index in [0.717, 1.165) is 30.7 Å². The Bertz CT molecular complexity index is 1020. The topological polar surface area (TPSA) is 0 Å². The normalized spacial score (nSPS) is 25.6. The van der Waals surface area contributed by atoms with Gasteiger partial charge in [0.25, 0.3) is 0 Å². The highest BCUT2D eigenvalue weighted by molar-refractivity contribution is 5.65. The smallest absolute Gasteiger partial charge is 0.166 e. The van der Waals surface area contributed by atoms with Crippen molar-refractivity contribution < 1.29 is 13.2 Å². The molecule has 0 saturated heterocycles. The van der Waals surface area contributed by atoms with Gasteiger partial charge in [0, 0.05) is 5.56 Å². The van der Waals surface area contributed by atoms with Gasteiger partial charge in [0.15, 0.2) is 11.6 Å². The molecule has 3 heteroatoms. The molecule has 4 unspecified atom stereocenters. The number of hydrogen-bond donors (Lipinski definition) is 0. The molecule has 2 aliphatic carbocycles. The van der Waals surface area contributed by atoms with Crippen LogP contribution in [0.1, 0.15) is 75.8 Å². The van der Waals surface area contributed by atoms with Gasteiger partial charge in [-0.2, -0.15) is 0 Å². The predicted octanol–water partition coefficient (Wildman–Crippen LogP) is 9.16. The van der Waals surface area contributed by atoms with Crippen LogP contribution in [0.2, 0.25) is 0 Å². The molecule has 2 aromatic rings. The summed E-state index contributed by atoms with van der Waals surface area (Å²) in [6.07, 6.45) is 16.4. The molecule has 0 amide bonds. The molecule has 0 heterocycles. The first-order valence-electron chi connectivity index (χ1n) is 12.5. The summed E-state index contributed by atoms with van der Waals surface area (Å²) >= 11 is 0. The molecule has 0 nitrogen and oxygen atoms in total. The van der Waals surface area contributed by atoms with Crippen molar-refractivity contribution in [2.75, 3.05) is 0 Å². The summed E-state index contributed by atoms with van der Waals surface area (Å²) in [4.78, 5) is 0. The lowest BCUT2D eigenvalue weighted by Gasteiger charge is -2.42. The standard InChI is InChI=1S/C30H35F3/c1-3-5-6-8-21-13-16-27(30(33)29(21)32)25-14-15-26(28(31)19-25)24-12-11-22-17-20(7-4-2)9-10-23(22)18-24/h3-5,7,13-16,19-20,22-24H,6,8-12,17-18H2,1-2H3/b5-3+,7-4+. The fourth-order valence-corrected chi connectivity index (χ4v) is 6.09. The van der Waals surface area contributed by atoms with Crippen LogP contribution in [-0.4, -0.2) is 0 Å². The Morgan fingerprint density at radius 1 is 0.848 bits per heavy atom. The Morgan fingerprint density at radius 2 is 1.64 bits per heavy atom. The van der Waals surface area contributed by atoms with E-state index >= 15 is 4.39 Å². The molecule has 2 saturated carbocycles. The molecular weight excluding hydrogens is 417 g/mol. The fraction of sp³-hybridized carbons (Fsp3) is 0.467. The maximum Gasteiger partial charge on any atom is 0.166 e. The molecule has 0 bridgehead atoms. The van der Waals surface area contributed by atoms with E-state index in [9.17, 15) is 8.78 Å². The van der Waals surface area contributed by atoms with E-state index in [1.54, 1.807) is 24.3 Å². The van der Waals surface area contributed by atoms with Gasteiger partial charge in [0.2, 0.25) is 0 Å². The van der Waals surface area contributed by atoms with Crippen LogP contribution in [0.5, 0.6) is 0 Å². The first-order chi connectivity index (χ1) is 16.0. The van der Waals surface area contributed by atoms with Crippen molar-refractivity contribution in [2.45, 2.75) is 71.1 Å². The Balaban J connectivity index is 1.48. The van der Waals surface area contributed by atoms with Gasteiger partial charge < -0.3 is 0 Å². The summed E-state index contributed by atoms with van der Waals surface area (Å²) in [5, 5.41) is 0. The molecule has 0 aliphatic heterocycles. The second kappa shape index (κ2) is 10.8. The van der Waals surface area contributed by atoms with Crippen LogP contribution in [0.4, 0.5) is 13.2 Å². The number of benzene rings is 2. The molecule has 0 N–H and O–H groups in total. The molecule has 4 atom stereocenters. The van der Waals surface area contributed by atoms with Gasteiger partial charge in [-0.1, -0.05) is 48.6 Å². The van der Waals surface area contributed by atoms with Crippen molar-refractivity contribution in [1.29, 1.82) is 0 Å². The monoisotopic (exact) mass is 452 g/mol. The maximum absolute atomic E-state index is 15.2. The van der Waals surface area contributed by atoms with Gasteiger partial charge in [0.1, 0.15) is 5.82 Å². The molecule has 0 radical (unpaired) electrons. The van der Waals surface area contributed by atoms with Crippen molar-refractivity contribution in [1.82, 2.24) is 0 Å². The first-order valence-corrected chi connectivity index (χ1v) is 12.5. The van der Waals surface area contributed by atoms with Crippen molar-refractivity contribution in [2.24, 2.45) is 17.8 Å². The summed E-state index contributed by atoms with van der Waals surface area (Å²) in [6.45, 7) is 3.99. The van der Waals surface area contributed by atoms with Gasteiger partial charge in [0.05, 0.1) is 0 Å². The molecule has 2 aliphatic rings. The van der Waals surface area contributed by atoms with Crippen LogP contribution in [-0.2, 0) is 6.42 Å². The molecular formula is C30H35F3. The lowest BCUT2D eigenvalue weighted by molar-refractivity contribution is 0.132. The molecule has 176 valence electrons. The minimum atomic E-state index is -0.890. The summed E-state index contributed by atoms with van der Waals surface area (Å²) in [5.74, 6) is 0.332. The van der Waals surface area contributed by atoms with Crippen molar-refractivity contribution in [3.05, 3.63) is 83.2 Å². The Morgan fingerprint density at radius 3 is 2.39 bits per heavy atom. The van der Waals surface area contributed by atoms with Crippen molar-refractivity contribution in [3.63, 3.8) is 0 Å². The first kappa shape index (κ1) is 23.9. The van der Waals surface area contributed by atoms with Crippen LogP contribution in [0.25, 0.3) is 11.1 Å². The maximum atomic E-state index is 15.2. The second-order valence-corrected chi connectivity index (χ2v) is 9.87. The molecule has 2 fully saturated rings. The number of aryl methyl sites for hydroxylation is 1. The largest absolute Gasteiger partial charge is 0.207 e. The zero-order valence-electron chi connectivity index (χ0n) is 19.8. The zero-order chi connectivity index (χ0) is 23.4. The fourth-order valence-electron chi connectivity index (χ4n) is 6.09. The number of halogens is 3. The van der Waals surface area contributed by atoms with Gasteiger partial charge in [-0.25, -0.2) is 13.2 Å². The third-order valence-corrected chi connectivity index (χ3v) is 7.85. The highest BCUT2D eigenvalue weighted by Crippen LogP contribution is 2.48. The number of fused-ring (bicyclic) bond motifs is 1. The van der Waals surface area contributed by atoms with Gasteiger partial charge in [-0.3, -0.25) is 0 Å². The van der Waals surface area contributed by atoms with Crippen LogP contribution in [0.3, 0.4) is 0 Å². The average molecular weight is 453 g/mol. The summed E-state index contributed by atoms with van der Waals surface area (Å²) in [5.41, 5.74) is 1.61. The molecule has 2 aromatic carbocycles. The molecule has 0 aromatic heterocycles. The minimum absolute atomic E-state index is 0.124. The van der Waals surface area contributed by atoms with E-state index in [-0.39, 0.29) is 17.3 Å². The van der Waals surface area contributed by atoms with E-state index in [0.29, 0.717) is 35.8 Å². The zero-order valence-corrected chi connectivity index (χ0v) is 19.8. The highest BCUT2D eigenvalue weighted by atomic mass is 19.2. The summed E-state index contributed by atoms with van der Waals surface area (Å²) in [7, 11) is 0. The lowest BCUT2D eigenvalue weighted by atomic mass is 9.64. The highest BCUT2D eigenvalue weighted by Gasteiger charge is 2.36. The lowest BCUT2D eigenvalue weighted by Crippen LogP contribution is -2.30. The van der Waals surface area contributed by atoms with E-state index < -0.39 is 11.6 Å². The molecule has 33 heavy (non-hydrogen) atoms. The Labute approximate surface area is 196 Å². The third-order valence-electron chi connectivity index (χ3n) is 7.85. The van der Waals surface area contributed by atoms with E-state index in [1.165, 1.54) is 25.3 Å².